The Bertz CT molecular complexity index is 942. The normalized spacial score (nSPS) is 10.6. The fourth-order valence-electron chi connectivity index (χ4n) is 2.40. The molecular formula is C20H18O5. The lowest BCUT2D eigenvalue weighted by atomic mass is 10.2. The second-order valence-corrected chi connectivity index (χ2v) is 5.70. The van der Waals surface area contributed by atoms with Crippen molar-refractivity contribution in [3.8, 4) is 11.5 Å². The zero-order chi connectivity index (χ0) is 17.6. The van der Waals surface area contributed by atoms with Crippen LogP contribution in [0.5, 0.6) is 11.5 Å². The summed E-state index contributed by atoms with van der Waals surface area (Å²) >= 11 is 0. The Hall–Kier alpha value is -3.08. The summed E-state index contributed by atoms with van der Waals surface area (Å²) < 4.78 is 16.0. The number of carbonyl (C=O) groups is 1. The lowest BCUT2D eigenvalue weighted by Crippen LogP contribution is -2.10. The quantitative estimate of drug-likeness (QED) is 0.295. The molecule has 5 heteroatoms. The molecular weight excluding hydrogens is 320 g/mol. The van der Waals surface area contributed by atoms with Crippen LogP contribution in [-0.2, 0) is 4.79 Å². The first kappa shape index (κ1) is 16.8. The van der Waals surface area contributed by atoms with Crippen LogP contribution in [0.2, 0.25) is 0 Å². The van der Waals surface area contributed by atoms with Crippen molar-refractivity contribution < 1.29 is 18.7 Å². The van der Waals surface area contributed by atoms with Gasteiger partial charge >= 0.3 is 11.6 Å². The van der Waals surface area contributed by atoms with Crippen molar-refractivity contribution in [2.75, 3.05) is 6.61 Å². The molecule has 3 rings (SSSR count). The Kier molecular flexibility index (Phi) is 5.14. The zero-order valence-corrected chi connectivity index (χ0v) is 13.9. The molecule has 1 aromatic heterocycles. The third-order valence-electron chi connectivity index (χ3n) is 3.61. The number of aryl methyl sites for hydroxylation is 1. The Morgan fingerprint density at radius 3 is 2.72 bits per heavy atom. The number of hydrogen-bond acceptors (Lipinski definition) is 5. The van der Waals surface area contributed by atoms with E-state index in [4.69, 9.17) is 13.9 Å². The Balaban J connectivity index is 1.50. The molecule has 5 nitrogen and oxygen atoms in total. The number of rotatable bonds is 6. The highest BCUT2D eigenvalue weighted by molar-refractivity contribution is 5.79. The highest BCUT2D eigenvalue weighted by Crippen LogP contribution is 2.20. The van der Waals surface area contributed by atoms with Crippen LogP contribution >= 0.6 is 0 Å². The van der Waals surface area contributed by atoms with Gasteiger partial charge in [0.2, 0.25) is 0 Å². The molecule has 0 fully saturated rings. The number of ether oxygens (including phenoxy) is 2. The van der Waals surface area contributed by atoms with Crippen molar-refractivity contribution in [3.63, 3.8) is 0 Å². The number of benzene rings is 2. The molecule has 0 atom stereocenters. The maximum Gasteiger partial charge on any atom is 0.336 e. The first-order valence-corrected chi connectivity index (χ1v) is 8.04. The molecule has 0 spiro atoms. The summed E-state index contributed by atoms with van der Waals surface area (Å²) in [6, 6.07) is 15.7. The fourth-order valence-corrected chi connectivity index (χ4v) is 2.40. The summed E-state index contributed by atoms with van der Waals surface area (Å²) in [5, 5.41) is 0.769. The minimum Gasteiger partial charge on any atom is -0.494 e. The van der Waals surface area contributed by atoms with Crippen LogP contribution in [0.3, 0.4) is 0 Å². The van der Waals surface area contributed by atoms with E-state index in [1.54, 1.807) is 18.2 Å². The van der Waals surface area contributed by atoms with E-state index in [1.807, 2.05) is 31.2 Å². The summed E-state index contributed by atoms with van der Waals surface area (Å²) in [6.45, 7) is 2.43. The van der Waals surface area contributed by atoms with Gasteiger partial charge in [-0.05, 0) is 49.2 Å². The second-order valence-electron chi connectivity index (χ2n) is 5.70. The number of carbonyl (C=O) groups excluding carboxylic acids is 1. The van der Waals surface area contributed by atoms with Gasteiger partial charge in [0.15, 0.2) is 0 Å². The van der Waals surface area contributed by atoms with Crippen LogP contribution in [0, 0.1) is 6.92 Å². The van der Waals surface area contributed by atoms with Crippen LogP contribution in [0.25, 0.3) is 11.0 Å². The lowest BCUT2D eigenvalue weighted by Gasteiger charge is -2.07. The SMILES string of the molecule is Cc1cccc(OCCCC(=O)Oc2ccc3ccc(=O)oc3c2)c1. The van der Waals surface area contributed by atoms with Gasteiger partial charge in [0, 0.05) is 23.9 Å². The van der Waals surface area contributed by atoms with Crippen LogP contribution < -0.4 is 15.1 Å². The first-order chi connectivity index (χ1) is 12.1. The van der Waals surface area contributed by atoms with Gasteiger partial charge in [0.1, 0.15) is 17.1 Å². The molecule has 0 amide bonds. The monoisotopic (exact) mass is 338 g/mol. The lowest BCUT2D eigenvalue weighted by molar-refractivity contribution is -0.134. The van der Waals surface area contributed by atoms with E-state index in [-0.39, 0.29) is 12.4 Å². The standard InChI is InChI=1S/C20H18O5/c1-14-4-2-5-16(12-14)23-11-3-6-19(21)24-17-9-7-15-8-10-20(22)25-18(15)13-17/h2,4-5,7-10,12-13H,3,6,11H2,1H3. The summed E-state index contributed by atoms with van der Waals surface area (Å²) in [5.74, 6) is 0.787. The van der Waals surface area contributed by atoms with E-state index in [2.05, 4.69) is 0 Å². The van der Waals surface area contributed by atoms with E-state index in [0.717, 1.165) is 16.7 Å². The van der Waals surface area contributed by atoms with Crippen molar-refractivity contribution in [1.82, 2.24) is 0 Å². The van der Waals surface area contributed by atoms with Gasteiger partial charge in [-0.25, -0.2) is 4.79 Å². The van der Waals surface area contributed by atoms with Crippen LogP contribution in [0.4, 0.5) is 0 Å². The van der Waals surface area contributed by atoms with E-state index in [0.29, 0.717) is 24.4 Å². The van der Waals surface area contributed by atoms with Gasteiger partial charge in [0.25, 0.3) is 0 Å². The van der Waals surface area contributed by atoms with Crippen molar-refractivity contribution >= 4 is 16.9 Å². The molecule has 0 saturated heterocycles. The summed E-state index contributed by atoms with van der Waals surface area (Å²) in [6.07, 6.45) is 0.790. The predicted octanol–water partition coefficient (Wildman–Crippen LogP) is 3.87. The average Bonchev–Trinajstić information content (AvgIpc) is 2.58. The molecule has 0 unspecified atom stereocenters. The number of hydrogen-bond donors (Lipinski definition) is 0. The molecule has 0 saturated carbocycles. The molecule has 2 aromatic carbocycles. The van der Waals surface area contributed by atoms with Gasteiger partial charge in [-0.2, -0.15) is 0 Å². The van der Waals surface area contributed by atoms with E-state index in [1.165, 1.54) is 12.1 Å². The minimum absolute atomic E-state index is 0.239. The van der Waals surface area contributed by atoms with Crippen LogP contribution in [0.1, 0.15) is 18.4 Å². The minimum atomic E-state index is -0.440. The molecule has 0 bridgehead atoms. The molecule has 0 aliphatic carbocycles. The predicted molar refractivity (Wildman–Crippen MR) is 94.0 cm³/mol. The van der Waals surface area contributed by atoms with Gasteiger partial charge in [0.05, 0.1) is 6.61 Å². The topological polar surface area (TPSA) is 65.7 Å². The molecule has 0 aliphatic heterocycles. The first-order valence-electron chi connectivity index (χ1n) is 8.04. The largest absolute Gasteiger partial charge is 0.494 e. The summed E-state index contributed by atoms with van der Waals surface area (Å²) in [5.41, 5.74) is 1.07. The van der Waals surface area contributed by atoms with Crippen molar-refractivity contribution in [1.29, 1.82) is 0 Å². The molecule has 25 heavy (non-hydrogen) atoms. The Morgan fingerprint density at radius 2 is 1.88 bits per heavy atom. The maximum atomic E-state index is 11.9. The zero-order valence-electron chi connectivity index (χ0n) is 13.9. The number of fused-ring (bicyclic) bond motifs is 1. The molecule has 0 radical (unpaired) electrons. The summed E-state index contributed by atoms with van der Waals surface area (Å²) in [7, 11) is 0. The molecule has 0 N–H and O–H groups in total. The Morgan fingerprint density at radius 1 is 1.04 bits per heavy atom. The third-order valence-corrected chi connectivity index (χ3v) is 3.61. The third kappa shape index (κ3) is 4.70. The van der Waals surface area contributed by atoms with Gasteiger partial charge < -0.3 is 13.9 Å². The molecule has 128 valence electrons. The number of esters is 1. The van der Waals surface area contributed by atoms with Crippen LogP contribution in [0.15, 0.2) is 63.8 Å². The maximum absolute atomic E-state index is 11.9. The van der Waals surface area contributed by atoms with E-state index < -0.39 is 5.63 Å². The van der Waals surface area contributed by atoms with Crippen molar-refractivity contribution in [2.45, 2.75) is 19.8 Å². The molecule has 1 heterocycles. The van der Waals surface area contributed by atoms with Gasteiger partial charge in [-0.1, -0.05) is 12.1 Å². The molecule has 0 aliphatic rings. The van der Waals surface area contributed by atoms with E-state index in [9.17, 15) is 9.59 Å². The van der Waals surface area contributed by atoms with E-state index >= 15 is 0 Å². The van der Waals surface area contributed by atoms with Crippen LogP contribution in [-0.4, -0.2) is 12.6 Å². The van der Waals surface area contributed by atoms with Crippen molar-refractivity contribution in [2.24, 2.45) is 0 Å². The highest BCUT2D eigenvalue weighted by atomic mass is 16.5. The van der Waals surface area contributed by atoms with Gasteiger partial charge in [-0.15, -0.1) is 0 Å². The molecule has 3 aromatic rings. The smallest absolute Gasteiger partial charge is 0.336 e. The summed E-state index contributed by atoms with van der Waals surface area (Å²) in [4.78, 5) is 23.2. The van der Waals surface area contributed by atoms with Gasteiger partial charge in [-0.3, -0.25) is 4.79 Å². The van der Waals surface area contributed by atoms with Crippen molar-refractivity contribution in [3.05, 3.63) is 70.6 Å². The Labute approximate surface area is 144 Å². The fraction of sp³-hybridized carbons (Fsp3) is 0.200. The highest BCUT2D eigenvalue weighted by Gasteiger charge is 2.07. The second kappa shape index (κ2) is 7.66. The average molecular weight is 338 g/mol.